The largest absolute Gasteiger partial charge is 0.344 e. The molecular formula is C15H20N2O2. The third kappa shape index (κ3) is 3.34. The Morgan fingerprint density at radius 3 is 2.37 bits per heavy atom. The van der Waals surface area contributed by atoms with Gasteiger partial charge in [0, 0.05) is 12.1 Å². The first-order valence-corrected chi connectivity index (χ1v) is 6.57. The van der Waals surface area contributed by atoms with Crippen LogP contribution in [0.2, 0.25) is 0 Å². The molecule has 4 nitrogen and oxygen atoms in total. The number of anilines is 1. The van der Waals surface area contributed by atoms with Crippen LogP contribution in [0.5, 0.6) is 0 Å². The Labute approximate surface area is 113 Å². The van der Waals surface area contributed by atoms with Gasteiger partial charge in [0.05, 0.1) is 0 Å². The van der Waals surface area contributed by atoms with Crippen LogP contribution in [0.4, 0.5) is 5.69 Å². The summed E-state index contributed by atoms with van der Waals surface area (Å²) in [5, 5.41) is 5.49. The van der Waals surface area contributed by atoms with Crippen molar-refractivity contribution < 1.29 is 9.59 Å². The van der Waals surface area contributed by atoms with Crippen LogP contribution in [0.1, 0.15) is 39.2 Å². The zero-order chi connectivity index (χ0) is 14.0. The molecule has 1 aliphatic heterocycles. The van der Waals surface area contributed by atoms with Crippen molar-refractivity contribution in [3.05, 3.63) is 29.8 Å². The Morgan fingerprint density at radius 1 is 1.26 bits per heavy atom. The van der Waals surface area contributed by atoms with Crippen molar-refractivity contribution >= 4 is 17.5 Å². The van der Waals surface area contributed by atoms with Crippen LogP contribution >= 0.6 is 0 Å². The number of carbonyl (C=O) groups excluding carboxylic acids is 2. The monoisotopic (exact) mass is 260 g/mol. The summed E-state index contributed by atoms with van der Waals surface area (Å²) in [7, 11) is 0. The van der Waals surface area contributed by atoms with Crippen molar-refractivity contribution in [2.75, 3.05) is 5.32 Å². The minimum absolute atomic E-state index is 0.0526. The van der Waals surface area contributed by atoms with Gasteiger partial charge in [-0.15, -0.1) is 0 Å². The van der Waals surface area contributed by atoms with Gasteiger partial charge in [-0.05, 0) is 29.5 Å². The number of benzene rings is 1. The molecule has 1 aliphatic rings. The lowest BCUT2D eigenvalue weighted by Gasteiger charge is -2.19. The molecule has 1 atom stereocenters. The second kappa shape index (κ2) is 5.03. The molecule has 102 valence electrons. The Bertz CT molecular complexity index is 486. The zero-order valence-electron chi connectivity index (χ0n) is 11.6. The Kier molecular flexibility index (Phi) is 3.60. The lowest BCUT2D eigenvalue weighted by Crippen LogP contribution is -2.37. The number of hydrogen-bond acceptors (Lipinski definition) is 2. The van der Waals surface area contributed by atoms with E-state index < -0.39 is 6.04 Å². The van der Waals surface area contributed by atoms with E-state index in [9.17, 15) is 9.59 Å². The first kappa shape index (κ1) is 13.6. The molecule has 0 radical (unpaired) electrons. The number of carbonyl (C=O) groups is 2. The molecule has 1 saturated heterocycles. The van der Waals surface area contributed by atoms with Crippen LogP contribution in [-0.2, 0) is 15.0 Å². The highest BCUT2D eigenvalue weighted by atomic mass is 16.2. The van der Waals surface area contributed by atoms with E-state index >= 15 is 0 Å². The van der Waals surface area contributed by atoms with Gasteiger partial charge in [0.25, 0.3) is 0 Å². The first-order valence-electron chi connectivity index (χ1n) is 6.57. The fourth-order valence-corrected chi connectivity index (χ4v) is 2.09. The average Bonchev–Trinajstić information content (AvgIpc) is 2.75. The maximum absolute atomic E-state index is 11.9. The van der Waals surface area contributed by atoms with Crippen molar-refractivity contribution in [1.82, 2.24) is 5.32 Å². The van der Waals surface area contributed by atoms with Gasteiger partial charge in [0.15, 0.2) is 0 Å². The van der Waals surface area contributed by atoms with Gasteiger partial charge in [-0.3, -0.25) is 9.59 Å². The molecule has 0 saturated carbocycles. The van der Waals surface area contributed by atoms with Crippen molar-refractivity contribution in [2.24, 2.45) is 0 Å². The van der Waals surface area contributed by atoms with E-state index in [-0.39, 0.29) is 17.2 Å². The summed E-state index contributed by atoms with van der Waals surface area (Å²) < 4.78 is 0. The summed E-state index contributed by atoms with van der Waals surface area (Å²) in [6.45, 7) is 6.44. The fraction of sp³-hybridized carbons (Fsp3) is 0.467. The Balaban J connectivity index is 2.00. The highest BCUT2D eigenvalue weighted by molar-refractivity contribution is 5.98. The van der Waals surface area contributed by atoms with Gasteiger partial charge in [-0.1, -0.05) is 32.9 Å². The molecule has 0 bridgehead atoms. The summed E-state index contributed by atoms with van der Waals surface area (Å²) in [5.41, 5.74) is 2.08. The molecular weight excluding hydrogens is 240 g/mol. The van der Waals surface area contributed by atoms with Gasteiger partial charge in [0.1, 0.15) is 6.04 Å². The predicted molar refractivity (Wildman–Crippen MR) is 74.9 cm³/mol. The molecule has 0 aromatic heterocycles. The maximum Gasteiger partial charge on any atom is 0.246 e. The van der Waals surface area contributed by atoms with E-state index in [0.717, 1.165) is 5.69 Å². The van der Waals surface area contributed by atoms with Crippen molar-refractivity contribution in [1.29, 1.82) is 0 Å². The molecule has 1 unspecified atom stereocenters. The predicted octanol–water partition coefficient (Wildman–Crippen LogP) is 2.20. The SMILES string of the molecule is CC(C)(C)c1ccc(NC(=O)C2CCC(=O)N2)cc1. The summed E-state index contributed by atoms with van der Waals surface area (Å²) in [6.07, 6.45) is 1.01. The molecule has 19 heavy (non-hydrogen) atoms. The van der Waals surface area contributed by atoms with Gasteiger partial charge >= 0.3 is 0 Å². The maximum atomic E-state index is 11.9. The van der Waals surface area contributed by atoms with Crippen LogP contribution in [-0.4, -0.2) is 17.9 Å². The Hall–Kier alpha value is -1.84. The lowest BCUT2D eigenvalue weighted by atomic mass is 9.87. The Morgan fingerprint density at radius 2 is 1.89 bits per heavy atom. The molecule has 1 heterocycles. The normalized spacial score (nSPS) is 19.1. The summed E-state index contributed by atoms with van der Waals surface area (Å²) in [4.78, 5) is 23.0. The van der Waals surface area contributed by atoms with E-state index in [1.807, 2.05) is 24.3 Å². The standard InChI is InChI=1S/C15H20N2O2/c1-15(2,3)10-4-6-11(7-5-10)16-14(19)12-8-9-13(18)17-12/h4-7,12H,8-9H2,1-3H3,(H,16,19)(H,17,18). The molecule has 0 spiro atoms. The first-order chi connectivity index (χ1) is 8.86. The van der Waals surface area contributed by atoms with Crippen LogP contribution in [0, 0.1) is 0 Å². The quantitative estimate of drug-likeness (QED) is 0.856. The third-order valence-electron chi connectivity index (χ3n) is 3.33. The summed E-state index contributed by atoms with van der Waals surface area (Å²) in [6, 6.07) is 7.44. The van der Waals surface area contributed by atoms with Crippen LogP contribution < -0.4 is 10.6 Å². The number of hydrogen-bond donors (Lipinski definition) is 2. The summed E-state index contributed by atoms with van der Waals surface area (Å²) >= 11 is 0. The van der Waals surface area contributed by atoms with E-state index in [2.05, 4.69) is 31.4 Å². The van der Waals surface area contributed by atoms with Crippen LogP contribution in [0.3, 0.4) is 0 Å². The molecule has 2 N–H and O–H groups in total. The minimum Gasteiger partial charge on any atom is -0.344 e. The van der Waals surface area contributed by atoms with Crippen molar-refractivity contribution in [3.8, 4) is 0 Å². The van der Waals surface area contributed by atoms with Crippen molar-refractivity contribution in [3.63, 3.8) is 0 Å². The molecule has 2 rings (SSSR count). The molecule has 0 aliphatic carbocycles. The van der Waals surface area contributed by atoms with Gasteiger partial charge in [0.2, 0.25) is 11.8 Å². The number of rotatable bonds is 2. The molecule has 4 heteroatoms. The summed E-state index contributed by atoms with van der Waals surface area (Å²) in [5.74, 6) is -0.197. The van der Waals surface area contributed by atoms with Gasteiger partial charge in [-0.2, -0.15) is 0 Å². The second-order valence-corrected chi connectivity index (χ2v) is 5.98. The third-order valence-corrected chi connectivity index (χ3v) is 3.33. The smallest absolute Gasteiger partial charge is 0.246 e. The van der Waals surface area contributed by atoms with E-state index in [1.165, 1.54) is 5.56 Å². The molecule has 1 aromatic carbocycles. The van der Waals surface area contributed by atoms with Gasteiger partial charge in [-0.25, -0.2) is 0 Å². The minimum atomic E-state index is -0.394. The van der Waals surface area contributed by atoms with E-state index in [1.54, 1.807) is 0 Å². The fourth-order valence-electron chi connectivity index (χ4n) is 2.09. The highest BCUT2D eigenvalue weighted by Crippen LogP contribution is 2.23. The zero-order valence-corrected chi connectivity index (χ0v) is 11.6. The number of amides is 2. The highest BCUT2D eigenvalue weighted by Gasteiger charge is 2.27. The van der Waals surface area contributed by atoms with E-state index in [4.69, 9.17) is 0 Å². The van der Waals surface area contributed by atoms with Gasteiger partial charge < -0.3 is 10.6 Å². The van der Waals surface area contributed by atoms with Crippen LogP contribution in [0.25, 0.3) is 0 Å². The van der Waals surface area contributed by atoms with Crippen LogP contribution in [0.15, 0.2) is 24.3 Å². The molecule has 1 fully saturated rings. The van der Waals surface area contributed by atoms with Crippen molar-refractivity contribution in [2.45, 2.75) is 45.1 Å². The number of nitrogens with one attached hydrogen (secondary N) is 2. The molecule has 1 aromatic rings. The van der Waals surface area contributed by atoms with E-state index in [0.29, 0.717) is 12.8 Å². The molecule has 2 amide bonds. The average molecular weight is 260 g/mol. The second-order valence-electron chi connectivity index (χ2n) is 5.98. The topological polar surface area (TPSA) is 58.2 Å². The lowest BCUT2D eigenvalue weighted by molar-refractivity contribution is -0.122.